The first-order valence-corrected chi connectivity index (χ1v) is 16.8. The van der Waals surface area contributed by atoms with Crippen LogP contribution >= 0.6 is 11.8 Å². The van der Waals surface area contributed by atoms with E-state index in [1.54, 1.807) is 43.0 Å². The van der Waals surface area contributed by atoms with Crippen molar-refractivity contribution in [2.75, 3.05) is 11.1 Å². The third kappa shape index (κ3) is 7.12. The minimum Gasteiger partial charge on any atom is -0.345 e. The van der Waals surface area contributed by atoms with Crippen LogP contribution in [-0.2, 0) is 11.2 Å². The molecule has 7 aromatic rings. The fourth-order valence-electron chi connectivity index (χ4n) is 5.55. The van der Waals surface area contributed by atoms with E-state index in [-0.39, 0.29) is 23.6 Å². The van der Waals surface area contributed by atoms with Crippen LogP contribution in [-0.4, -0.2) is 47.3 Å². The lowest BCUT2D eigenvalue weighted by Gasteiger charge is -2.20. The lowest BCUT2D eigenvalue weighted by Crippen LogP contribution is -2.29. The highest BCUT2D eigenvalue weighted by molar-refractivity contribution is 7.99. The Kier molecular flexibility index (Phi) is 9.24. The Balaban J connectivity index is 1.03. The van der Waals surface area contributed by atoms with Crippen molar-refractivity contribution in [2.45, 2.75) is 24.5 Å². The number of H-pyrrole nitrogens is 1. The fourth-order valence-corrected chi connectivity index (χ4v) is 6.30. The number of imidazole rings is 1. The Hall–Kier alpha value is -6.07. The smallest absolute Gasteiger partial charge is 0.252 e. The number of fused-ring (bicyclic) bond motifs is 1. The summed E-state index contributed by atoms with van der Waals surface area (Å²) in [6.07, 6.45) is 6.02. The molecule has 0 saturated heterocycles. The molecule has 1 unspecified atom stereocenters. The molecule has 0 saturated carbocycles. The molecule has 0 aliphatic carbocycles. The molecular formula is C38H32N8O2S. The van der Waals surface area contributed by atoms with Crippen molar-refractivity contribution in [3.8, 4) is 17.1 Å². The number of aryl methyl sites for hydroxylation is 1. The molecule has 10 nitrogen and oxygen atoms in total. The fraction of sp³-hybridized carbons (Fsp3) is 0.105. The number of hydrogen-bond donors (Lipinski definition) is 3. The molecule has 2 amide bonds. The van der Waals surface area contributed by atoms with Crippen molar-refractivity contribution in [3.63, 3.8) is 0 Å². The largest absolute Gasteiger partial charge is 0.345 e. The van der Waals surface area contributed by atoms with Crippen LogP contribution in [0.4, 0.5) is 5.69 Å². The molecule has 4 aromatic carbocycles. The second-order valence-corrected chi connectivity index (χ2v) is 12.3. The van der Waals surface area contributed by atoms with Gasteiger partial charge in [0.2, 0.25) is 5.91 Å². The molecule has 0 radical (unpaired) electrons. The zero-order chi connectivity index (χ0) is 33.6. The SMILES string of the molecule is CCc1ccc(-n2c(SCC(=O)Nc3ccc(C(=O)NC(c4ccccc4)c4ccc5nc[nH]c5c4)cc3)nnc2-c2ccncc2)cc1. The number of hydrogen-bond acceptors (Lipinski definition) is 7. The van der Waals surface area contributed by atoms with E-state index in [4.69, 9.17) is 0 Å². The predicted molar refractivity (Wildman–Crippen MR) is 192 cm³/mol. The van der Waals surface area contributed by atoms with Crippen LogP contribution in [0.5, 0.6) is 0 Å². The van der Waals surface area contributed by atoms with Crippen LogP contribution in [0.15, 0.2) is 133 Å². The number of anilines is 1. The van der Waals surface area contributed by atoms with E-state index in [0.29, 0.717) is 22.2 Å². The number of nitrogens with zero attached hydrogens (tertiary/aromatic N) is 5. The highest BCUT2D eigenvalue weighted by Crippen LogP contribution is 2.29. The molecule has 49 heavy (non-hydrogen) atoms. The Bertz CT molecular complexity index is 2200. The standard InChI is InChI=1S/C38H32N8O2S/c1-2-25-8-15-31(16-9-25)46-36(27-18-20-39-21-19-27)44-45-38(46)49-23-34(47)42-30-13-10-28(11-14-30)37(48)43-35(26-6-4-3-5-7-26)29-12-17-32-33(22-29)41-24-40-32/h3-22,24,35H,2,23H2,1H3,(H,40,41)(H,42,47)(H,43,48). The number of carbonyl (C=O) groups is 2. The predicted octanol–water partition coefficient (Wildman–Crippen LogP) is 7.02. The molecule has 0 fully saturated rings. The summed E-state index contributed by atoms with van der Waals surface area (Å²) >= 11 is 1.30. The van der Waals surface area contributed by atoms with E-state index in [2.05, 4.69) is 54.8 Å². The second kappa shape index (κ2) is 14.4. The van der Waals surface area contributed by atoms with E-state index in [1.165, 1.54) is 17.3 Å². The van der Waals surface area contributed by atoms with Gasteiger partial charge in [0, 0.05) is 34.9 Å². The summed E-state index contributed by atoms with van der Waals surface area (Å²) in [6, 6.07) is 34.2. The van der Waals surface area contributed by atoms with E-state index in [0.717, 1.165) is 39.8 Å². The molecule has 0 aliphatic heterocycles. The summed E-state index contributed by atoms with van der Waals surface area (Å²) in [6.45, 7) is 2.12. The molecule has 0 spiro atoms. The number of rotatable bonds is 11. The molecule has 11 heteroatoms. The summed E-state index contributed by atoms with van der Waals surface area (Å²) in [5.74, 6) is 0.341. The van der Waals surface area contributed by atoms with Gasteiger partial charge >= 0.3 is 0 Å². The Morgan fingerprint density at radius 1 is 0.857 bits per heavy atom. The number of aromatic amines is 1. The average molecular weight is 665 g/mol. The summed E-state index contributed by atoms with van der Waals surface area (Å²) in [7, 11) is 0. The summed E-state index contributed by atoms with van der Waals surface area (Å²) in [4.78, 5) is 38.1. The van der Waals surface area contributed by atoms with Crippen LogP contribution in [0.25, 0.3) is 28.1 Å². The Labute approximate surface area is 287 Å². The maximum absolute atomic E-state index is 13.5. The van der Waals surface area contributed by atoms with Crippen molar-refractivity contribution >= 4 is 40.3 Å². The monoisotopic (exact) mass is 664 g/mol. The topological polar surface area (TPSA) is 130 Å². The van der Waals surface area contributed by atoms with Crippen LogP contribution in [0.3, 0.4) is 0 Å². The first-order chi connectivity index (χ1) is 24.1. The number of amides is 2. The van der Waals surface area contributed by atoms with Crippen LogP contribution in [0.1, 0.15) is 40.0 Å². The molecule has 242 valence electrons. The highest BCUT2D eigenvalue weighted by atomic mass is 32.2. The number of thioether (sulfide) groups is 1. The van der Waals surface area contributed by atoms with Gasteiger partial charge in [-0.3, -0.25) is 19.1 Å². The number of pyridine rings is 1. The number of aromatic nitrogens is 6. The molecular weight excluding hydrogens is 633 g/mol. The summed E-state index contributed by atoms with van der Waals surface area (Å²) in [5.41, 5.74) is 7.70. The average Bonchev–Trinajstić information content (AvgIpc) is 3.81. The minimum absolute atomic E-state index is 0.114. The van der Waals surface area contributed by atoms with Gasteiger partial charge in [-0.05, 0) is 83.8 Å². The highest BCUT2D eigenvalue weighted by Gasteiger charge is 2.20. The van der Waals surface area contributed by atoms with E-state index in [9.17, 15) is 9.59 Å². The van der Waals surface area contributed by atoms with Gasteiger partial charge in [0.15, 0.2) is 11.0 Å². The maximum atomic E-state index is 13.5. The van der Waals surface area contributed by atoms with E-state index < -0.39 is 0 Å². The van der Waals surface area contributed by atoms with E-state index >= 15 is 0 Å². The van der Waals surface area contributed by atoms with Crippen molar-refractivity contribution in [1.82, 2.24) is 35.0 Å². The number of benzene rings is 4. The number of nitrogens with one attached hydrogen (secondary N) is 3. The summed E-state index contributed by atoms with van der Waals surface area (Å²) in [5, 5.41) is 15.6. The molecule has 7 rings (SSSR count). The van der Waals surface area contributed by atoms with Crippen molar-refractivity contribution in [1.29, 1.82) is 0 Å². The first-order valence-electron chi connectivity index (χ1n) is 15.8. The van der Waals surface area contributed by atoms with Gasteiger partial charge in [0.25, 0.3) is 5.91 Å². The van der Waals surface area contributed by atoms with Crippen molar-refractivity contribution in [3.05, 3.63) is 150 Å². The third-order valence-corrected chi connectivity index (χ3v) is 9.05. The first kappa shape index (κ1) is 31.5. The van der Waals surface area contributed by atoms with Gasteiger partial charge in [0.05, 0.1) is 29.2 Å². The quantitative estimate of drug-likeness (QED) is 0.127. The molecule has 0 bridgehead atoms. The molecule has 0 aliphatic rings. The second-order valence-electron chi connectivity index (χ2n) is 11.3. The van der Waals surface area contributed by atoms with Gasteiger partial charge < -0.3 is 15.6 Å². The van der Waals surface area contributed by atoms with Gasteiger partial charge in [-0.2, -0.15) is 0 Å². The summed E-state index contributed by atoms with van der Waals surface area (Å²) < 4.78 is 1.95. The normalized spacial score (nSPS) is 11.7. The minimum atomic E-state index is -0.372. The van der Waals surface area contributed by atoms with Crippen LogP contribution < -0.4 is 10.6 Å². The molecule has 3 heterocycles. The number of carbonyl (C=O) groups excluding carboxylic acids is 2. The zero-order valence-corrected chi connectivity index (χ0v) is 27.4. The van der Waals surface area contributed by atoms with Crippen LogP contribution in [0, 0.1) is 0 Å². The molecule has 1 atom stereocenters. The molecule has 3 N–H and O–H groups in total. The zero-order valence-electron chi connectivity index (χ0n) is 26.6. The van der Waals surface area contributed by atoms with Gasteiger partial charge in [-0.25, -0.2) is 4.98 Å². The van der Waals surface area contributed by atoms with Gasteiger partial charge in [-0.15, -0.1) is 10.2 Å². The lowest BCUT2D eigenvalue weighted by molar-refractivity contribution is -0.113. The third-order valence-electron chi connectivity index (χ3n) is 8.12. The maximum Gasteiger partial charge on any atom is 0.252 e. The Morgan fingerprint density at radius 2 is 1.63 bits per heavy atom. The Morgan fingerprint density at radius 3 is 2.39 bits per heavy atom. The van der Waals surface area contributed by atoms with E-state index in [1.807, 2.05) is 77.4 Å². The van der Waals surface area contributed by atoms with Gasteiger partial charge in [0.1, 0.15) is 0 Å². The van der Waals surface area contributed by atoms with Crippen LogP contribution in [0.2, 0.25) is 0 Å². The molecule has 3 aromatic heterocycles. The van der Waals surface area contributed by atoms with Crippen molar-refractivity contribution in [2.24, 2.45) is 0 Å². The van der Waals surface area contributed by atoms with Crippen molar-refractivity contribution < 1.29 is 9.59 Å². The van der Waals surface area contributed by atoms with Gasteiger partial charge in [-0.1, -0.05) is 67.2 Å². The lowest BCUT2D eigenvalue weighted by atomic mass is 9.97.